The first-order valence-electron chi connectivity index (χ1n) is 6.41. The SMILES string of the molecule is CCCCCCC(NC(=O)OC(C)(C)C)OC. The summed E-state index contributed by atoms with van der Waals surface area (Å²) in [6.07, 6.45) is 4.83. The predicted octanol–water partition coefficient (Wildman–Crippen LogP) is 3.45. The van der Waals surface area contributed by atoms with E-state index in [-0.39, 0.29) is 6.23 Å². The smallest absolute Gasteiger partial charge is 0.409 e. The summed E-state index contributed by atoms with van der Waals surface area (Å²) in [5, 5.41) is 2.72. The van der Waals surface area contributed by atoms with Crippen molar-refractivity contribution in [2.24, 2.45) is 0 Å². The average molecular weight is 245 g/mol. The van der Waals surface area contributed by atoms with Gasteiger partial charge in [-0.1, -0.05) is 26.2 Å². The van der Waals surface area contributed by atoms with Gasteiger partial charge >= 0.3 is 6.09 Å². The van der Waals surface area contributed by atoms with Crippen molar-refractivity contribution in [1.82, 2.24) is 5.32 Å². The van der Waals surface area contributed by atoms with Gasteiger partial charge in [0.1, 0.15) is 11.8 Å². The molecule has 0 rings (SSSR count). The number of hydrogen-bond acceptors (Lipinski definition) is 3. The van der Waals surface area contributed by atoms with Crippen LogP contribution in [0.3, 0.4) is 0 Å². The largest absolute Gasteiger partial charge is 0.444 e. The van der Waals surface area contributed by atoms with E-state index in [2.05, 4.69) is 12.2 Å². The zero-order valence-electron chi connectivity index (χ0n) is 11.8. The molecule has 1 amide bonds. The van der Waals surface area contributed by atoms with Crippen LogP contribution in [-0.4, -0.2) is 25.0 Å². The maximum absolute atomic E-state index is 11.5. The summed E-state index contributed by atoms with van der Waals surface area (Å²) in [7, 11) is 1.60. The number of rotatable bonds is 7. The molecule has 0 heterocycles. The zero-order chi connectivity index (χ0) is 13.3. The molecule has 0 spiro atoms. The molecule has 0 aliphatic heterocycles. The van der Waals surface area contributed by atoms with Crippen LogP contribution < -0.4 is 5.32 Å². The third-order valence-electron chi connectivity index (χ3n) is 2.28. The molecule has 102 valence electrons. The highest BCUT2D eigenvalue weighted by Crippen LogP contribution is 2.09. The van der Waals surface area contributed by atoms with E-state index in [9.17, 15) is 4.79 Å². The van der Waals surface area contributed by atoms with Crippen LogP contribution in [0, 0.1) is 0 Å². The van der Waals surface area contributed by atoms with E-state index in [1.165, 1.54) is 19.3 Å². The number of carbonyl (C=O) groups excluding carboxylic acids is 1. The van der Waals surface area contributed by atoms with Crippen LogP contribution in [-0.2, 0) is 9.47 Å². The fraction of sp³-hybridized carbons (Fsp3) is 0.923. The third-order valence-corrected chi connectivity index (χ3v) is 2.28. The van der Waals surface area contributed by atoms with Crippen LogP contribution in [0.5, 0.6) is 0 Å². The topological polar surface area (TPSA) is 47.6 Å². The molecule has 0 bridgehead atoms. The van der Waals surface area contributed by atoms with Gasteiger partial charge in [-0.2, -0.15) is 0 Å². The van der Waals surface area contributed by atoms with Crippen molar-refractivity contribution >= 4 is 6.09 Å². The molecule has 0 radical (unpaired) electrons. The molecule has 0 saturated heterocycles. The Morgan fingerprint density at radius 2 is 1.88 bits per heavy atom. The Morgan fingerprint density at radius 1 is 1.24 bits per heavy atom. The maximum Gasteiger partial charge on any atom is 0.409 e. The van der Waals surface area contributed by atoms with Gasteiger partial charge in [-0.15, -0.1) is 0 Å². The van der Waals surface area contributed by atoms with Gasteiger partial charge in [-0.25, -0.2) is 4.79 Å². The van der Waals surface area contributed by atoms with Crippen molar-refractivity contribution in [3.8, 4) is 0 Å². The van der Waals surface area contributed by atoms with Gasteiger partial charge in [0, 0.05) is 7.11 Å². The van der Waals surface area contributed by atoms with Gasteiger partial charge in [0.15, 0.2) is 0 Å². The lowest BCUT2D eigenvalue weighted by Crippen LogP contribution is -2.40. The molecule has 4 heteroatoms. The van der Waals surface area contributed by atoms with Gasteiger partial charge in [0.25, 0.3) is 0 Å². The summed E-state index contributed by atoms with van der Waals surface area (Å²) >= 11 is 0. The molecule has 0 aromatic carbocycles. The van der Waals surface area contributed by atoms with E-state index in [4.69, 9.17) is 9.47 Å². The third kappa shape index (κ3) is 10.1. The molecule has 0 saturated carbocycles. The highest BCUT2D eigenvalue weighted by molar-refractivity contribution is 5.67. The van der Waals surface area contributed by atoms with Crippen molar-refractivity contribution in [2.45, 2.75) is 71.6 Å². The van der Waals surface area contributed by atoms with Gasteiger partial charge in [-0.05, 0) is 33.6 Å². The lowest BCUT2D eigenvalue weighted by Gasteiger charge is -2.23. The summed E-state index contributed by atoms with van der Waals surface area (Å²) in [5.74, 6) is 0. The number of hydrogen-bond donors (Lipinski definition) is 1. The van der Waals surface area contributed by atoms with Crippen LogP contribution >= 0.6 is 0 Å². The molecule has 0 aliphatic rings. The fourth-order valence-corrected chi connectivity index (χ4v) is 1.44. The number of amides is 1. The molecule has 0 aliphatic carbocycles. The summed E-state index contributed by atoms with van der Waals surface area (Å²) in [6.45, 7) is 7.70. The molecule has 17 heavy (non-hydrogen) atoms. The first-order valence-corrected chi connectivity index (χ1v) is 6.41. The van der Waals surface area contributed by atoms with Crippen molar-refractivity contribution in [3.05, 3.63) is 0 Å². The van der Waals surface area contributed by atoms with E-state index in [1.54, 1.807) is 7.11 Å². The quantitative estimate of drug-likeness (QED) is 0.552. The summed E-state index contributed by atoms with van der Waals surface area (Å²) in [4.78, 5) is 11.5. The fourth-order valence-electron chi connectivity index (χ4n) is 1.44. The summed E-state index contributed by atoms with van der Waals surface area (Å²) < 4.78 is 10.4. The predicted molar refractivity (Wildman–Crippen MR) is 68.9 cm³/mol. The Labute approximate surface area is 105 Å². The molecule has 1 N–H and O–H groups in total. The second-order valence-electron chi connectivity index (χ2n) is 5.22. The molecule has 4 nitrogen and oxygen atoms in total. The number of methoxy groups -OCH3 is 1. The number of carbonyl (C=O) groups is 1. The lowest BCUT2D eigenvalue weighted by molar-refractivity contribution is 0.0206. The maximum atomic E-state index is 11.5. The van der Waals surface area contributed by atoms with E-state index < -0.39 is 11.7 Å². The minimum absolute atomic E-state index is 0.248. The number of ether oxygens (including phenoxy) is 2. The number of alkyl carbamates (subject to hydrolysis) is 1. The molecule has 1 unspecified atom stereocenters. The van der Waals surface area contributed by atoms with Crippen LogP contribution in [0.4, 0.5) is 4.79 Å². The monoisotopic (exact) mass is 245 g/mol. The normalized spacial score (nSPS) is 13.2. The number of unbranched alkanes of at least 4 members (excludes halogenated alkanes) is 3. The molecular formula is C13H27NO3. The molecular weight excluding hydrogens is 218 g/mol. The summed E-state index contributed by atoms with van der Waals surface area (Å²) in [5.41, 5.74) is -0.468. The van der Waals surface area contributed by atoms with Crippen molar-refractivity contribution in [1.29, 1.82) is 0 Å². The lowest BCUT2D eigenvalue weighted by atomic mass is 10.1. The standard InChI is InChI=1S/C13H27NO3/c1-6-7-8-9-10-11(16-5)14-12(15)17-13(2,3)4/h11H,6-10H2,1-5H3,(H,14,15). The highest BCUT2D eigenvalue weighted by atomic mass is 16.6. The van der Waals surface area contributed by atoms with E-state index in [0.717, 1.165) is 12.8 Å². The second-order valence-corrected chi connectivity index (χ2v) is 5.22. The Hall–Kier alpha value is -0.770. The molecule has 0 aromatic rings. The Bertz CT molecular complexity index is 211. The van der Waals surface area contributed by atoms with Gasteiger partial charge < -0.3 is 9.47 Å². The van der Waals surface area contributed by atoms with E-state index in [0.29, 0.717) is 0 Å². The van der Waals surface area contributed by atoms with Crippen molar-refractivity contribution in [3.63, 3.8) is 0 Å². The minimum Gasteiger partial charge on any atom is -0.444 e. The van der Waals surface area contributed by atoms with Crippen LogP contribution in [0.15, 0.2) is 0 Å². The van der Waals surface area contributed by atoms with Gasteiger partial charge in [0.2, 0.25) is 0 Å². The number of nitrogens with one attached hydrogen (secondary N) is 1. The molecule has 0 fully saturated rings. The molecule has 1 atom stereocenters. The van der Waals surface area contributed by atoms with Crippen LogP contribution in [0.25, 0.3) is 0 Å². The molecule has 0 aromatic heterocycles. The highest BCUT2D eigenvalue weighted by Gasteiger charge is 2.18. The first-order chi connectivity index (χ1) is 7.89. The van der Waals surface area contributed by atoms with Crippen molar-refractivity contribution < 1.29 is 14.3 Å². The van der Waals surface area contributed by atoms with E-state index >= 15 is 0 Å². The second kappa shape index (κ2) is 8.34. The van der Waals surface area contributed by atoms with Crippen LogP contribution in [0.2, 0.25) is 0 Å². The Kier molecular flexibility index (Phi) is 7.96. The summed E-state index contributed by atoms with van der Waals surface area (Å²) in [6, 6.07) is 0. The van der Waals surface area contributed by atoms with E-state index in [1.807, 2.05) is 20.8 Å². The van der Waals surface area contributed by atoms with Gasteiger partial charge in [-0.3, -0.25) is 5.32 Å². The zero-order valence-corrected chi connectivity index (χ0v) is 11.8. The Morgan fingerprint density at radius 3 is 2.35 bits per heavy atom. The van der Waals surface area contributed by atoms with Crippen LogP contribution in [0.1, 0.15) is 59.8 Å². The minimum atomic E-state index is -0.468. The van der Waals surface area contributed by atoms with Gasteiger partial charge in [0.05, 0.1) is 0 Å². The first kappa shape index (κ1) is 16.2. The average Bonchev–Trinajstić information content (AvgIpc) is 2.20. The van der Waals surface area contributed by atoms with Crippen molar-refractivity contribution in [2.75, 3.05) is 7.11 Å². The Balaban J connectivity index is 3.83.